The first-order chi connectivity index (χ1) is 33.1. The highest BCUT2D eigenvalue weighted by molar-refractivity contribution is 8.06. The number of benzene rings is 10. The molecule has 0 saturated carbocycles. The molecule has 2 N–H and O–H groups in total. The summed E-state index contributed by atoms with van der Waals surface area (Å²) in [6.07, 6.45) is 0. The van der Waals surface area contributed by atoms with Crippen molar-refractivity contribution in [2.24, 2.45) is 0 Å². The lowest BCUT2D eigenvalue weighted by Crippen LogP contribution is -3.12. The minimum absolute atomic E-state index is 0.956. The molecule has 0 heterocycles. The molecule has 10 aromatic carbocycles. The van der Waals surface area contributed by atoms with Gasteiger partial charge >= 0.3 is 0 Å². The van der Waals surface area contributed by atoms with Gasteiger partial charge in [0.25, 0.3) is 0 Å². The maximum Gasteiger partial charge on any atom is 0.245 e. The van der Waals surface area contributed by atoms with Gasteiger partial charge < -0.3 is 9.59 Å². The Labute approximate surface area is 399 Å². The molecule has 7 heteroatoms. The molecule has 324 valence electrons. The van der Waals surface area contributed by atoms with E-state index < -0.39 is 37.0 Å². The summed E-state index contributed by atoms with van der Waals surface area (Å²) in [4.78, 5) is 32.2. The average Bonchev–Trinajstić information content (AvgIpc) is 3.43. The second-order valence-corrected chi connectivity index (χ2v) is 52.8. The van der Waals surface area contributed by atoms with Gasteiger partial charge in [0.2, 0.25) is 15.7 Å². The largest absolute Gasteiger partial charge is 0.426 e. The summed E-state index contributed by atoms with van der Waals surface area (Å²) in [5.41, 5.74) is 0. The first-order valence-corrected chi connectivity index (χ1v) is 36.9. The minimum atomic E-state index is -4.27. The van der Waals surface area contributed by atoms with Crippen molar-refractivity contribution < 1.29 is 9.59 Å². The molecule has 0 aliphatic rings. The molecule has 2 nitrogen and oxygen atoms in total. The third-order valence-electron chi connectivity index (χ3n) is 14.2. The molecule has 0 saturated heterocycles. The monoisotopic (exact) mass is 944 g/mol. The lowest BCUT2D eigenvalue weighted by molar-refractivity contribution is 0.588. The van der Waals surface area contributed by atoms with E-state index in [1.165, 1.54) is 10.4 Å². The normalized spacial score (nSPS) is 12.3. The Morgan fingerprint density at radius 3 is 0.418 bits per heavy atom. The fourth-order valence-electron chi connectivity index (χ4n) is 11.9. The highest BCUT2D eigenvalue weighted by atomic mass is 29.9. The van der Waals surface area contributed by atoms with Gasteiger partial charge in [0.15, 0.2) is 14.2 Å². The molecule has 0 aliphatic heterocycles. The molecule has 67 heavy (non-hydrogen) atoms. The van der Waals surface area contributed by atoms with Crippen molar-refractivity contribution in [1.29, 1.82) is 0 Å². The molecule has 0 bridgehead atoms. The van der Waals surface area contributed by atoms with Crippen molar-refractivity contribution in [3.05, 3.63) is 303 Å². The number of rotatable bonds is 14. The van der Waals surface area contributed by atoms with Crippen molar-refractivity contribution in [2.45, 2.75) is 0 Å². The molecule has 0 fully saturated rings. The zero-order valence-electron chi connectivity index (χ0n) is 37.3. The molecule has 0 spiro atoms. The van der Waals surface area contributed by atoms with E-state index in [9.17, 15) is 0 Å². The highest BCUT2D eigenvalue weighted by Crippen LogP contribution is 2.39. The fourth-order valence-corrected chi connectivity index (χ4v) is 116. The van der Waals surface area contributed by atoms with Crippen LogP contribution in [0.2, 0.25) is 0 Å². The molecule has 0 radical (unpaired) electrons. The average molecular weight is 946 g/mol. The smallest absolute Gasteiger partial charge is 0.245 e. The van der Waals surface area contributed by atoms with E-state index in [2.05, 4.69) is 303 Å². The molecule has 10 aromatic rings. The zero-order valence-corrected chi connectivity index (χ0v) is 42.3. The van der Waals surface area contributed by atoms with Crippen molar-refractivity contribution in [3.8, 4) is 0 Å². The molecular weight excluding hydrogens is 893 g/mol. The Morgan fingerprint density at radius 1 is 0.149 bits per heavy atom. The van der Waals surface area contributed by atoms with Crippen LogP contribution in [0.3, 0.4) is 0 Å². The topological polar surface area (TPSA) is 40.5 Å². The van der Waals surface area contributed by atoms with E-state index in [-0.39, 0.29) is 0 Å². The predicted octanol–water partition coefficient (Wildman–Crippen LogP) is 5.59. The highest BCUT2D eigenvalue weighted by Gasteiger charge is 2.83. The third kappa shape index (κ3) is 6.77. The van der Waals surface area contributed by atoms with Crippen LogP contribution in [0, 0.1) is 0 Å². The van der Waals surface area contributed by atoms with Crippen molar-refractivity contribution in [1.82, 2.24) is 0 Å². The Hall–Kier alpha value is -6.80. The second-order valence-electron chi connectivity index (χ2n) is 17.3. The van der Waals surface area contributed by atoms with Crippen LogP contribution in [-0.4, -0.2) is 46.6 Å². The van der Waals surface area contributed by atoms with Crippen molar-refractivity contribution in [2.75, 3.05) is 0 Å². The third-order valence-corrected chi connectivity index (χ3v) is 82.1. The van der Waals surface area contributed by atoms with E-state index in [0.717, 1.165) is 41.5 Å². The first kappa shape index (κ1) is 44.1. The summed E-state index contributed by atoms with van der Waals surface area (Å²) in [6.45, 7) is 0. The number of hydrogen-bond acceptors (Lipinski definition) is 2. The SMILES string of the molecule is O[Si](c1ccccc1)(c1ccccc1)[Si](c1ccccc1)(c1ccccc1)[Si](c1ccccc1)(c1ccccc1)[Si](c1ccccc1)(c1ccccc1)[Si](O)(c1ccccc1)c1ccccc1. The van der Waals surface area contributed by atoms with E-state index in [1.807, 2.05) is 0 Å². The van der Waals surface area contributed by atoms with Gasteiger partial charge in [-0.2, -0.15) is 0 Å². The van der Waals surface area contributed by atoms with Crippen LogP contribution in [0.4, 0.5) is 0 Å². The lowest BCUT2D eigenvalue weighted by Gasteiger charge is -2.65. The van der Waals surface area contributed by atoms with Crippen LogP contribution >= 0.6 is 0 Å². The molecule has 0 aromatic heterocycles. The van der Waals surface area contributed by atoms with Crippen LogP contribution in [0.15, 0.2) is 303 Å². The van der Waals surface area contributed by atoms with Gasteiger partial charge in [-0.1, -0.05) is 334 Å². The second kappa shape index (κ2) is 18.8. The Bertz CT molecular complexity index is 2740. The van der Waals surface area contributed by atoms with Crippen molar-refractivity contribution >= 4 is 88.9 Å². The van der Waals surface area contributed by atoms with E-state index >= 15 is 9.59 Å². The standard InChI is InChI=1S/C60H52O2Si5/c61-63(51-31-11-1-12-32-51,52-33-13-2-14-34-52)65(55-39-19-5-20-40-55,56-41-21-6-22-42-56)67(59-47-27-9-28-48-59,60-49-29-10-30-50-60)66(57-43-23-7-24-44-57,58-45-25-8-26-46-58)64(62,53-35-15-3-16-36-53)54-37-17-4-18-38-54/h1-50,61-62H. The van der Waals surface area contributed by atoms with E-state index in [0.29, 0.717) is 0 Å². The molecule has 10 rings (SSSR count). The summed E-state index contributed by atoms with van der Waals surface area (Å²) >= 11 is 0. The molecule has 0 amide bonds. The van der Waals surface area contributed by atoms with Crippen LogP contribution in [0.5, 0.6) is 0 Å². The van der Waals surface area contributed by atoms with Gasteiger partial charge in [0, 0.05) is 0 Å². The first-order valence-electron chi connectivity index (χ1n) is 23.1. The van der Waals surface area contributed by atoms with Crippen LogP contribution in [0.25, 0.3) is 0 Å². The van der Waals surface area contributed by atoms with Crippen molar-refractivity contribution in [3.63, 3.8) is 0 Å². The summed E-state index contributed by atoms with van der Waals surface area (Å²) in [6, 6.07) is 110. The zero-order chi connectivity index (χ0) is 45.6. The fraction of sp³-hybridized carbons (Fsp3) is 0. The summed E-state index contributed by atoms with van der Waals surface area (Å²) in [7, 11) is -21.0. The maximum absolute atomic E-state index is 16.1. The molecule has 0 unspecified atom stereocenters. The van der Waals surface area contributed by atoms with E-state index in [1.54, 1.807) is 0 Å². The Balaban J connectivity index is 1.66. The van der Waals surface area contributed by atoms with Gasteiger partial charge in [-0.3, -0.25) is 0 Å². The van der Waals surface area contributed by atoms with Crippen LogP contribution in [0.1, 0.15) is 0 Å². The summed E-state index contributed by atoms with van der Waals surface area (Å²) < 4.78 is 0. The molecule has 0 aliphatic carbocycles. The Morgan fingerprint density at radius 2 is 0.269 bits per heavy atom. The number of hydrogen-bond donors (Lipinski definition) is 2. The van der Waals surface area contributed by atoms with Gasteiger partial charge in [-0.25, -0.2) is 0 Å². The predicted molar refractivity (Wildman–Crippen MR) is 294 cm³/mol. The van der Waals surface area contributed by atoms with Crippen LogP contribution < -0.4 is 51.9 Å². The minimum Gasteiger partial charge on any atom is -0.426 e. The quantitative estimate of drug-likeness (QED) is 0.140. The Kier molecular flexibility index (Phi) is 12.4. The van der Waals surface area contributed by atoms with Gasteiger partial charge in [0.05, 0.1) is 0 Å². The molecular formula is C60H52O2Si5. The maximum atomic E-state index is 16.1. The molecule has 0 atom stereocenters. The van der Waals surface area contributed by atoms with Gasteiger partial charge in [-0.05, 0) is 20.7 Å². The summed E-state index contributed by atoms with van der Waals surface area (Å²) in [5, 5.41) is 10.9. The van der Waals surface area contributed by atoms with Gasteiger partial charge in [-0.15, -0.1) is 0 Å². The lowest BCUT2D eigenvalue weighted by atomic mass is 10.4. The van der Waals surface area contributed by atoms with Gasteiger partial charge in [0.1, 0.15) is 7.11 Å². The van der Waals surface area contributed by atoms with E-state index in [4.69, 9.17) is 0 Å². The summed E-state index contributed by atoms with van der Waals surface area (Å²) in [5.74, 6) is 0. The van der Waals surface area contributed by atoms with Crippen LogP contribution in [-0.2, 0) is 0 Å².